The molecule has 0 fully saturated rings. The normalized spacial score (nSPS) is 13.0. The minimum absolute atomic E-state index is 0.131. The van der Waals surface area contributed by atoms with Gasteiger partial charge in [-0.1, -0.05) is 11.6 Å². The van der Waals surface area contributed by atoms with Crippen molar-refractivity contribution in [3.05, 3.63) is 52.3 Å². The molecule has 0 saturated heterocycles. The molecule has 2 aromatic carbocycles. The van der Waals surface area contributed by atoms with Gasteiger partial charge in [-0.3, -0.25) is 9.59 Å². The first-order valence-electron chi connectivity index (χ1n) is 8.22. The topological polar surface area (TPSA) is 67.9 Å². The van der Waals surface area contributed by atoms with Gasteiger partial charge in [0.15, 0.2) is 11.5 Å². The molecule has 0 aromatic heterocycles. The first-order chi connectivity index (χ1) is 12.9. The summed E-state index contributed by atoms with van der Waals surface area (Å²) in [5.41, 5.74) is 2.19. The van der Waals surface area contributed by atoms with E-state index < -0.39 is 17.6 Å². The Bertz CT molecular complexity index is 904. The fourth-order valence-corrected chi connectivity index (χ4v) is 3.14. The van der Waals surface area contributed by atoms with E-state index in [0.717, 1.165) is 17.2 Å². The number of ether oxygens (including phenoxy) is 2. The first kappa shape index (κ1) is 19.0. The molecule has 0 aliphatic carbocycles. The Morgan fingerprint density at radius 1 is 1.11 bits per heavy atom. The molecule has 1 N–H and O–H groups in total. The van der Waals surface area contributed by atoms with Crippen LogP contribution in [0.25, 0.3) is 0 Å². The maximum Gasteiger partial charge on any atom is 0.313 e. The predicted molar refractivity (Wildman–Crippen MR) is 98.7 cm³/mol. The number of benzene rings is 2. The Labute approximate surface area is 160 Å². The number of carbonyl (C=O) groups excluding carboxylic acids is 2. The highest BCUT2D eigenvalue weighted by Crippen LogP contribution is 2.33. The maximum atomic E-state index is 13.2. The van der Waals surface area contributed by atoms with E-state index in [1.54, 1.807) is 7.11 Å². The zero-order chi connectivity index (χ0) is 19.6. The average molecular weight is 393 g/mol. The smallest absolute Gasteiger partial charge is 0.313 e. The summed E-state index contributed by atoms with van der Waals surface area (Å²) in [6.07, 6.45) is 0.594. The fraction of sp³-hybridized carbons (Fsp3) is 0.263. The lowest BCUT2D eigenvalue weighted by atomic mass is 9.98. The van der Waals surface area contributed by atoms with E-state index in [1.165, 1.54) is 24.1 Å². The molecule has 1 heterocycles. The van der Waals surface area contributed by atoms with Gasteiger partial charge in [0.2, 0.25) is 0 Å². The molecule has 1 aliphatic heterocycles. The maximum absolute atomic E-state index is 13.2. The zero-order valence-corrected chi connectivity index (χ0v) is 15.6. The van der Waals surface area contributed by atoms with Crippen LogP contribution < -0.4 is 14.8 Å². The highest BCUT2D eigenvalue weighted by atomic mass is 35.5. The van der Waals surface area contributed by atoms with E-state index in [1.807, 2.05) is 12.1 Å². The highest BCUT2D eigenvalue weighted by molar-refractivity contribution is 6.39. The van der Waals surface area contributed by atoms with Crippen molar-refractivity contribution in [1.82, 2.24) is 4.90 Å². The second-order valence-electron chi connectivity index (χ2n) is 6.04. The summed E-state index contributed by atoms with van der Waals surface area (Å²) in [5, 5.41) is 2.31. The molecule has 3 rings (SSSR count). The zero-order valence-electron chi connectivity index (χ0n) is 14.8. The standard InChI is InChI=1S/C19H18ClFN2O4/c1-26-16-7-11-5-6-23(10-12(11)8-17(16)27-2)19(25)18(24)22-13-3-4-15(21)14(20)9-13/h3-4,7-9H,5-6,10H2,1-2H3,(H,22,24). The Balaban J connectivity index is 1.73. The molecule has 2 amide bonds. The van der Waals surface area contributed by atoms with Crippen LogP contribution in [0.5, 0.6) is 11.5 Å². The van der Waals surface area contributed by atoms with Crippen LogP contribution in [0.15, 0.2) is 30.3 Å². The summed E-state index contributed by atoms with van der Waals surface area (Å²) in [6, 6.07) is 7.42. The molecule has 142 valence electrons. The molecule has 2 aromatic rings. The van der Waals surface area contributed by atoms with Gasteiger partial charge in [0.25, 0.3) is 0 Å². The summed E-state index contributed by atoms with van der Waals surface area (Å²) in [7, 11) is 3.10. The Morgan fingerprint density at radius 2 is 1.78 bits per heavy atom. The van der Waals surface area contributed by atoms with Crippen molar-refractivity contribution in [2.75, 3.05) is 26.1 Å². The summed E-state index contributed by atoms with van der Waals surface area (Å²) in [5.74, 6) is -0.881. The van der Waals surface area contributed by atoms with Crippen LogP contribution in [0.1, 0.15) is 11.1 Å². The van der Waals surface area contributed by atoms with Crippen molar-refractivity contribution in [1.29, 1.82) is 0 Å². The van der Waals surface area contributed by atoms with Gasteiger partial charge in [0, 0.05) is 18.8 Å². The quantitative estimate of drug-likeness (QED) is 0.815. The minimum atomic E-state index is -0.804. The first-order valence-corrected chi connectivity index (χ1v) is 8.59. The molecule has 0 unspecified atom stereocenters. The molecular weight excluding hydrogens is 375 g/mol. The largest absolute Gasteiger partial charge is 0.493 e. The number of methoxy groups -OCH3 is 2. The van der Waals surface area contributed by atoms with Crippen molar-refractivity contribution in [2.24, 2.45) is 0 Å². The molecule has 8 heteroatoms. The van der Waals surface area contributed by atoms with E-state index >= 15 is 0 Å². The van der Waals surface area contributed by atoms with Crippen LogP contribution in [0, 0.1) is 5.82 Å². The van der Waals surface area contributed by atoms with Crippen LogP contribution in [-0.2, 0) is 22.6 Å². The van der Waals surface area contributed by atoms with Crippen LogP contribution in [0.4, 0.5) is 10.1 Å². The Kier molecular flexibility index (Phi) is 5.51. The number of anilines is 1. The van der Waals surface area contributed by atoms with E-state index in [0.29, 0.717) is 24.5 Å². The lowest BCUT2D eigenvalue weighted by Gasteiger charge is -2.29. The molecule has 0 bridgehead atoms. The molecule has 0 atom stereocenters. The van der Waals surface area contributed by atoms with E-state index in [2.05, 4.69) is 5.32 Å². The molecular formula is C19H18ClFN2O4. The molecule has 0 saturated carbocycles. The highest BCUT2D eigenvalue weighted by Gasteiger charge is 2.27. The van der Waals surface area contributed by atoms with Crippen molar-refractivity contribution >= 4 is 29.1 Å². The monoisotopic (exact) mass is 392 g/mol. The van der Waals surface area contributed by atoms with Gasteiger partial charge >= 0.3 is 11.8 Å². The second kappa shape index (κ2) is 7.84. The molecule has 1 aliphatic rings. The number of carbonyl (C=O) groups is 2. The van der Waals surface area contributed by atoms with Crippen LogP contribution in [-0.4, -0.2) is 37.5 Å². The third kappa shape index (κ3) is 3.98. The Morgan fingerprint density at radius 3 is 2.41 bits per heavy atom. The molecule has 0 spiro atoms. The van der Waals surface area contributed by atoms with Gasteiger partial charge < -0.3 is 19.7 Å². The second-order valence-corrected chi connectivity index (χ2v) is 6.44. The summed E-state index contributed by atoms with van der Waals surface area (Å²) < 4.78 is 23.8. The lowest BCUT2D eigenvalue weighted by Crippen LogP contribution is -2.42. The lowest BCUT2D eigenvalue weighted by molar-refractivity contribution is -0.143. The van der Waals surface area contributed by atoms with Gasteiger partial charge in [-0.2, -0.15) is 0 Å². The van der Waals surface area contributed by atoms with Crippen molar-refractivity contribution in [3.8, 4) is 11.5 Å². The number of hydrogen-bond acceptors (Lipinski definition) is 4. The summed E-state index contributed by atoms with van der Waals surface area (Å²) >= 11 is 5.69. The number of fused-ring (bicyclic) bond motifs is 1. The minimum Gasteiger partial charge on any atom is -0.493 e. The van der Waals surface area contributed by atoms with Crippen molar-refractivity contribution in [3.63, 3.8) is 0 Å². The van der Waals surface area contributed by atoms with E-state index in [9.17, 15) is 14.0 Å². The number of nitrogens with zero attached hydrogens (tertiary/aromatic N) is 1. The number of amides is 2. The third-order valence-corrected chi connectivity index (χ3v) is 4.67. The fourth-order valence-electron chi connectivity index (χ4n) is 2.96. The number of hydrogen-bond donors (Lipinski definition) is 1. The predicted octanol–water partition coefficient (Wildman–Crippen LogP) is 3.02. The van der Waals surface area contributed by atoms with Gasteiger partial charge in [-0.25, -0.2) is 4.39 Å². The summed E-state index contributed by atoms with van der Waals surface area (Å²) in [4.78, 5) is 26.2. The average Bonchev–Trinajstić information content (AvgIpc) is 2.68. The molecule has 0 radical (unpaired) electrons. The number of halogens is 2. The number of rotatable bonds is 3. The van der Waals surface area contributed by atoms with Crippen molar-refractivity contribution in [2.45, 2.75) is 13.0 Å². The Hall–Kier alpha value is -2.80. The molecule has 27 heavy (non-hydrogen) atoms. The van der Waals surface area contributed by atoms with Gasteiger partial charge in [-0.15, -0.1) is 0 Å². The SMILES string of the molecule is COc1cc2c(cc1OC)CN(C(=O)C(=O)Nc1ccc(F)c(Cl)c1)CC2. The summed E-state index contributed by atoms with van der Waals surface area (Å²) in [6.45, 7) is 0.686. The van der Waals surface area contributed by atoms with Gasteiger partial charge in [0.1, 0.15) is 5.82 Å². The van der Waals surface area contributed by atoms with Crippen molar-refractivity contribution < 1.29 is 23.5 Å². The van der Waals surface area contributed by atoms with Crippen LogP contribution >= 0.6 is 11.6 Å². The third-order valence-electron chi connectivity index (χ3n) is 4.38. The van der Waals surface area contributed by atoms with Crippen LogP contribution in [0.2, 0.25) is 5.02 Å². The van der Waals surface area contributed by atoms with E-state index in [4.69, 9.17) is 21.1 Å². The van der Waals surface area contributed by atoms with Crippen LogP contribution in [0.3, 0.4) is 0 Å². The molecule has 6 nitrogen and oxygen atoms in total. The number of nitrogens with one attached hydrogen (secondary N) is 1. The van der Waals surface area contributed by atoms with Gasteiger partial charge in [0.05, 0.1) is 19.2 Å². The van der Waals surface area contributed by atoms with Gasteiger partial charge in [-0.05, 0) is 47.9 Å². The van der Waals surface area contributed by atoms with E-state index in [-0.39, 0.29) is 17.3 Å².